The molecular formula is C13H11N3O. The van der Waals surface area contributed by atoms with Gasteiger partial charge < -0.3 is 9.67 Å². The molecule has 84 valence electrons. The van der Waals surface area contributed by atoms with Gasteiger partial charge in [-0.2, -0.15) is 0 Å². The SMILES string of the molecule is Cn1c(-c2cccnc2)nc2ccc(O)cc21. The Hall–Kier alpha value is -2.36. The number of nitrogens with zero attached hydrogens (tertiary/aromatic N) is 3. The second kappa shape index (κ2) is 3.59. The number of phenols is 1. The van der Waals surface area contributed by atoms with Gasteiger partial charge in [0, 0.05) is 31.1 Å². The Morgan fingerprint density at radius 3 is 2.88 bits per heavy atom. The number of hydrogen-bond donors (Lipinski definition) is 1. The first-order valence-electron chi connectivity index (χ1n) is 5.31. The summed E-state index contributed by atoms with van der Waals surface area (Å²) in [6, 6.07) is 9.01. The van der Waals surface area contributed by atoms with Gasteiger partial charge in [0.05, 0.1) is 11.0 Å². The molecule has 4 heteroatoms. The molecule has 3 rings (SSSR count). The first-order valence-corrected chi connectivity index (χ1v) is 5.31. The van der Waals surface area contributed by atoms with E-state index in [1.807, 2.05) is 29.8 Å². The van der Waals surface area contributed by atoms with Crippen LogP contribution in [0.2, 0.25) is 0 Å². The van der Waals surface area contributed by atoms with E-state index in [4.69, 9.17) is 0 Å². The van der Waals surface area contributed by atoms with Crippen molar-refractivity contribution in [2.24, 2.45) is 7.05 Å². The van der Waals surface area contributed by atoms with Gasteiger partial charge in [0.2, 0.25) is 0 Å². The van der Waals surface area contributed by atoms with Gasteiger partial charge in [0.15, 0.2) is 0 Å². The molecular weight excluding hydrogens is 214 g/mol. The number of hydrogen-bond acceptors (Lipinski definition) is 3. The lowest BCUT2D eigenvalue weighted by Gasteiger charge is -2.01. The molecule has 0 aliphatic carbocycles. The van der Waals surface area contributed by atoms with Crippen LogP contribution in [0.4, 0.5) is 0 Å². The molecule has 1 aromatic carbocycles. The van der Waals surface area contributed by atoms with Gasteiger partial charge in [0.25, 0.3) is 0 Å². The van der Waals surface area contributed by atoms with Crippen LogP contribution in [0.15, 0.2) is 42.7 Å². The second-order valence-corrected chi connectivity index (χ2v) is 3.91. The van der Waals surface area contributed by atoms with Crippen LogP contribution >= 0.6 is 0 Å². The summed E-state index contributed by atoms with van der Waals surface area (Å²) < 4.78 is 1.95. The van der Waals surface area contributed by atoms with E-state index in [-0.39, 0.29) is 5.75 Å². The molecule has 17 heavy (non-hydrogen) atoms. The lowest BCUT2D eigenvalue weighted by atomic mass is 10.3. The van der Waals surface area contributed by atoms with Crippen molar-refractivity contribution in [1.82, 2.24) is 14.5 Å². The Morgan fingerprint density at radius 1 is 1.24 bits per heavy atom. The van der Waals surface area contributed by atoms with Crippen LogP contribution in [0.3, 0.4) is 0 Å². The Balaban J connectivity index is 2.28. The zero-order valence-corrected chi connectivity index (χ0v) is 9.33. The zero-order valence-electron chi connectivity index (χ0n) is 9.33. The Kier molecular flexibility index (Phi) is 2.08. The molecule has 0 fully saturated rings. The minimum atomic E-state index is 0.248. The molecule has 0 aliphatic rings. The monoisotopic (exact) mass is 225 g/mol. The molecule has 1 N–H and O–H groups in total. The predicted octanol–water partition coefficient (Wildman–Crippen LogP) is 2.34. The summed E-state index contributed by atoms with van der Waals surface area (Å²) in [6.07, 6.45) is 3.51. The zero-order chi connectivity index (χ0) is 11.8. The van der Waals surface area contributed by atoms with Gasteiger partial charge in [-0.05, 0) is 24.3 Å². The maximum absolute atomic E-state index is 9.48. The number of fused-ring (bicyclic) bond motifs is 1. The van der Waals surface area contributed by atoms with E-state index in [0.717, 1.165) is 22.4 Å². The third-order valence-electron chi connectivity index (χ3n) is 2.78. The maximum atomic E-state index is 9.48. The molecule has 3 aromatic rings. The summed E-state index contributed by atoms with van der Waals surface area (Å²) in [5, 5.41) is 9.48. The van der Waals surface area contributed by atoms with Gasteiger partial charge in [-0.15, -0.1) is 0 Å². The fourth-order valence-electron chi connectivity index (χ4n) is 1.93. The number of benzene rings is 1. The Bertz CT molecular complexity index is 674. The highest BCUT2D eigenvalue weighted by Crippen LogP contribution is 2.25. The van der Waals surface area contributed by atoms with Crippen LogP contribution in [-0.2, 0) is 7.05 Å². The van der Waals surface area contributed by atoms with E-state index >= 15 is 0 Å². The smallest absolute Gasteiger partial charge is 0.142 e. The molecule has 0 saturated heterocycles. The van der Waals surface area contributed by atoms with Gasteiger partial charge in [-0.25, -0.2) is 4.98 Å². The number of imidazole rings is 1. The fourth-order valence-corrected chi connectivity index (χ4v) is 1.93. The quantitative estimate of drug-likeness (QED) is 0.691. The lowest BCUT2D eigenvalue weighted by molar-refractivity contribution is 0.476. The van der Waals surface area contributed by atoms with Crippen molar-refractivity contribution in [3.63, 3.8) is 0 Å². The van der Waals surface area contributed by atoms with Crippen LogP contribution in [-0.4, -0.2) is 19.6 Å². The first-order chi connectivity index (χ1) is 8.25. The van der Waals surface area contributed by atoms with E-state index in [9.17, 15) is 5.11 Å². The standard InChI is InChI=1S/C13H11N3O/c1-16-12-7-10(17)4-5-11(12)15-13(16)9-3-2-6-14-8-9/h2-8,17H,1H3. The van der Waals surface area contributed by atoms with Crippen molar-refractivity contribution in [3.8, 4) is 17.1 Å². The normalized spacial score (nSPS) is 10.9. The largest absolute Gasteiger partial charge is 0.508 e. The van der Waals surface area contributed by atoms with Crippen molar-refractivity contribution in [2.75, 3.05) is 0 Å². The molecule has 0 aliphatic heterocycles. The average molecular weight is 225 g/mol. The molecule has 0 atom stereocenters. The van der Waals surface area contributed by atoms with E-state index in [1.165, 1.54) is 0 Å². The van der Waals surface area contributed by atoms with Crippen LogP contribution in [0, 0.1) is 0 Å². The number of rotatable bonds is 1. The minimum Gasteiger partial charge on any atom is -0.508 e. The summed E-state index contributed by atoms with van der Waals surface area (Å²) in [5.41, 5.74) is 2.73. The van der Waals surface area contributed by atoms with Crippen molar-refractivity contribution in [2.45, 2.75) is 0 Å². The summed E-state index contributed by atoms with van der Waals surface area (Å²) in [4.78, 5) is 8.62. The molecule has 0 bridgehead atoms. The lowest BCUT2D eigenvalue weighted by Crippen LogP contribution is -1.92. The Morgan fingerprint density at radius 2 is 2.12 bits per heavy atom. The van der Waals surface area contributed by atoms with Crippen LogP contribution < -0.4 is 0 Å². The third-order valence-corrected chi connectivity index (χ3v) is 2.78. The molecule has 0 unspecified atom stereocenters. The highest BCUT2D eigenvalue weighted by atomic mass is 16.3. The van der Waals surface area contributed by atoms with Gasteiger partial charge in [-0.3, -0.25) is 4.98 Å². The molecule has 2 aromatic heterocycles. The number of aryl methyl sites for hydroxylation is 1. The van der Waals surface area contributed by atoms with Crippen molar-refractivity contribution >= 4 is 11.0 Å². The number of aromatic hydroxyl groups is 1. The van der Waals surface area contributed by atoms with Crippen molar-refractivity contribution in [1.29, 1.82) is 0 Å². The third kappa shape index (κ3) is 1.54. The molecule has 0 amide bonds. The van der Waals surface area contributed by atoms with Gasteiger partial charge >= 0.3 is 0 Å². The highest BCUT2D eigenvalue weighted by Gasteiger charge is 2.09. The fraction of sp³-hybridized carbons (Fsp3) is 0.0769. The van der Waals surface area contributed by atoms with Crippen LogP contribution in [0.5, 0.6) is 5.75 Å². The first kappa shape index (κ1) is 9.84. The topological polar surface area (TPSA) is 50.9 Å². The second-order valence-electron chi connectivity index (χ2n) is 3.91. The summed E-state index contributed by atoms with van der Waals surface area (Å²) >= 11 is 0. The maximum Gasteiger partial charge on any atom is 0.142 e. The van der Waals surface area contributed by atoms with Gasteiger partial charge in [-0.1, -0.05) is 0 Å². The number of pyridine rings is 1. The molecule has 0 radical (unpaired) electrons. The summed E-state index contributed by atoms with van der Waals surface area (Å²) in [7, 11) is 1.93. The Labute approximate surface area is 98.2 Å². The predicted molar refractivity (Wildman–Crippen MR) is 65.6 cm³/mol. The molecule has 0 spiro atoms. The van der Waals surface area contributed by atoms with Crippen molar-refractivity contribution in [3.05, 3.63) is 42.7 Å². The summed E-state index contributed by atoms with van der Waals surface area (Å²) in [6.45, 7) is 0. The van der Waals surface area contributed by atoms with E-state index in [1.54, 1.807) is 24.5 Å². The van der Waals surface area contributed by atoms with Crippen LogP contribution in [0.25, 0.3) is 22.4 Å². The molecule has 2 heterocycles. The van der Waals surface area contributed by atoms with Crippen molar-refractivity contribution < 1.29 is 5.11 Å². The van der Waals surface area contributed by atoms with E-state index in [0.29, 0.717) is 0 Å². The number of aromatic nitrogens is 3. The van der Waals surface area contributed by atoms with E-state index in [2.05, 4.69) is 9.97 Å². The molecule has 4 nitrogen and oxygen atoms in total. The van der Waals surface area contributed by atoms with E-state index < -0.39 is 0 Å². The summed E-state index contributed by atoms with van der Waals surface area (Å²) in [5.74, 6) is 1.09. The number of phenolic OH excluding ortho intramolecular Hbond substituents is 1. The van der Waals surface area contributed by atoms with Crippen LogP contribution in [0.1, 0.15) is 0 Å². The minimum absolute atomic E-state index is 0.248. The highest BCUT2D eigenvalue weighted by molar-refractivity contribution is 5.81. The van der Waals surface area contributed by atoms with Gasteiger partial charge in [0.1, 0.15) is 11.6 Å². The average Bonchev–Trinajstić information content (AvgIpc) is 2.68. The molecule has 0 saturated carbocycles.